The van der Waals surface area contributed by atoms with Crippen molar-refractivity contribution in [2.75, 3.05) is 25.1 Å². The summed E-state index contributed by atoms with van der Waals surface area (Å²) < 4.78 is 45.1. The molecule has 8 heteroatoms. The molecule has 0 bridgehead atoms. The number of nitrogens with one attached hydrogen (secondary N) is 1. The lowest BCUT2D eigenvalue weighted by molar-refractivity contribution is -0.117. The van der Waals surface area contributed by atoms with Crippen LogP contribution in [0.15, 0.2) is 53.4 Å². The molecule has 1 atom stereocenters. The van der Waals surface area contributed by atoms with Crippen molar-refractivity contribution >= 4 is 21.6 Å². The highest BCUT2D eigenvalue weighted by atomic mass is 32.2. The number of benzene rings is 2. The molecule has 0 spiro atoms. The maximum atomic E-state index is 12.9. The molecule has 1 N–H and O–H groups in total. The number of halogens is 1. The molecular formula is C18H19FN2O4S. The lowest BCUT2D eigenvalue weighted by Crippen LogP contribution is -2.31. The summed E-state index contributed by atoms with van der Waals surface area (Å²) in [6.45, 7) is 0.565. The van der Waals surface area contributed by atoms with Crippen molar-refractivity contribution in [1.82, 2.24) is 4.72 Å². The largest absolute Gasteiger partial charge is 0.497 e. The van der Waals surface area contributed by atoms with Gasteiger partial charge in [-0.2, -0.15) is 0 Å². The molecule has 1 amide bonds. The third kappa shape index (κ3) is 4.03. The predicted octanol–water partition coefficient (Wildman–Crippen LogP) is 2.17. The number of sulfonamides is 1. The third-order valence-electron chi connectivity index (χ3n) is 4.28. The molecule has 138 valence electrons. The van der Waals surface area contributed by atoms with E-state index in [1.807, 2.05) is 0 Å². The van der Waals surface area contributed by atoms with Gasteiger partial charge in [-0.05, 0) is 54.4 Å². The van der Waals surface area contributed by atoms with E-state index in [2.05, 4.69) is 4.72 Å². The number of rotatable bonds is 6. The van der Waals surface area contributed by atoms with Crippen LogP contribution in [0.2, 0.25) is 0 Å². The molecule has 2 aromatic carbocycles. The summed E-state index contributed by atoms with van der Waals surface area (Å²) in [7, 11) is -2.17. The molecule has 6 nitrogen and oxygen atoms in total. The second-order valence-electron chi connectivity index (χ2n) is 6.08. The van der Waals surface area contributed by atoms with Gasteiger partial charge in [-0.1, -0.05) is 0 Å². The summed E-state index contributed by atoms with van der Waals surface area (Å²) in [6.07, 6.45) is 0.262. The van der Waals surface area contributed by atoms with E-state index in [9.17, 15) is 17.6 Å². The number of hydrogen-bond donors (Lipinski definition) is 1. The fraction of sp³-hybridized carbons (Fsp3) is 0.278. The third-order valence-corrected chi connectivity index (χ3v) is 5.71. The number of ether oxygens (including phenoxy) is 1. The summed E-state index contributed by atoms with van der Waals surface area (Å²) in [6, 6.07) is 11.7. The second-order valence-corrected chi connectivity index (χ2v) is 7.85. The van der Waals surface area contributed by atoms with Gasteiger partial charge in [0.15, 0.2) is 0 Å². The molecule has 0 aromatic heterocycles. The van der Waals surface area contributed by atoms with Gasteiger partial charge < -0.3 is 9.64 Å². The summed E-state index contributed by atoms with van der Waals surface area (Å²) >= 11 is 0. The Bertz CT molecular complexity index is 882. The van der Waals surface area contributed by atoms with Crippen LogP contribution in [0.3, 0.4) is 0 Å². The quantitative estimate of drug-likeness (QED) is 0.836. The molecule has 1 aliphatic rings. The zero-order chi connectivity index (χ0) is 18.7. The van der Waals surface area contributed by atoms with E-state index in [4.69, 9.17) is 4.74 Å². The lowest BCUT2D eigenvalue weighted by atomic mass is 10.1. The van der Waals surface area contributed by atoms with Gasteiger partial charge >= 0.3 is 0 Å². The molecule has 0 saturated carbocycles. The van der Waals surface area contributed by atoms with Crippen LogP contribution < -0.4 is 14.4 Å². The second kappa shape index (κ2) is 7.43. The first-order chi connectivity index (χ1) is 12.4. The number of carbonyl (C=O) groups is 1. The van der Waals surface area contributed by atoms with Crippen LogP contribution in [-0.2, 0) is 14.8 Å². The Balaban J connectivity index is 1.62. The predicted molar refractivity (Wildman–Crippen MR) is 95.0 cm³/mol. The van der Waals surface area contributed by atoms with Crippen LogP contribution in [0, 0.1) is 11.7 Å². The van der Waals surface area contributed by atoms with Crippen LogP contribution in [-0.4, -0.2) is 34.5 Å². The molecule has 0 unspecified atom stereocenters. The van der Waals surface area contributed by atoms with Crippen LogP contribution >= 0.6 is 0 Å². The zero-order valence-electron chi connectivity index (χ0n) is 14.2. The van der Waals surface area contributed by atoms with Crippen molar-refractivity contribution in [3.05, 3.63) is 54.3 Å². The Labute approximate surface area is 151 Å². The minimum Gasteiger partial charge on any atom is -0.497 e. The summed E-state index contributed by atoms with van der Waals surface area (Å²) in [5.41, 5.74) is 0.750. The Morgan fingerprint density at radius 2 is 1.81 bits per heavy atom. The van der Waals surface area contributed by atoms with Crippen LogP contribution in [0.1, 0.15) is 6.42 Å². The minimum absolute atomic E-state index is 0.00441. The van der Waals surface area contributed by atoms with Gasteiger partial charge in [-0.15, -0.1) is 0 Å². The number of anilines is 1. The molecule has 1 fully saturated rings. The number of nitrogens with zero attached hydrogens (tertiary/aromatic N) is 1. The SMILES string of the molecule is COc1ccc(N2C[C@H](CNS(=O)(=O)c3ccc(F)cc3)CC2=O)cc1. The van der Waals surface area contributed by atoms with E-state index >= 15 is 0 Å². The van der Waals surface area contributed by atoms with E-state index in [0.717, 1.165) is 17.8 Å². The van der Waals surface area contributed by atoms with Crippen LogP contribution in [0.4, 0.5) is 10.1 Å². The topological polar surface area (TPSA) is 75.7 Å². The van der Waals surface area contributed by atoms with Gasteiger partial charge in [0.2, 0.25) is 15.9 Å². The van der Waals surface area contributed by atoms with E-state index < -0.39 is 15.8 Å². The first kappa shape index (κ1) is 18.3. The average Bonchev–Trinajstić information content (AvgIpc) is 3.01. The molecular weight excluding hydrogens is 359 g/mol. The molecule has 26 heavy (non-hydrogen) atoms. The number of methoxy groups -OCH3 is 1. The fourth-order valence-electron chi connectivity index (χ4n) is 2.85. The Kier molecular flexibility index (Phi) is 5.24. The molecule has 1 saturated heterocycles. The number of carbonyl (C=O) groups excluding carboxylic acids is 1. The Morgan fingerprint density at radius 3 is 2.42 bits per heavy atom. The molecule has 0 radical (unpaired) electrons. The van der Waals surface area contributed by atoms with Gasteiger partial charge in [-0.3, -0.25) is 4.79 Å². The van der Waals surface area contributed by atoms with Crippen molar-refractivity contribution in [2.24, 2.45) is 5.92 Å². The van der Waals surface area contributed by atoms with E-state index in [0.29, 0.717) is 12.3 Å². The Morgan fingerprint density at radius 1 is 1.15 bits per heavy atom. The minimum atomic E-state index is -3.74. The first-order valence-electron chi connectivity index (χ1n) is 8.09. The highest BCUT2D eigenvalue weighted by Gasteiger charge is 2.31. The van der Waals surface area contributed by atoms with Crippen LogP contribution in [0.25, 0.3) is 0 Å². The molecule has 2 aromatic rings. The van der Waals surface area contributed by atoms with E-state index in [1.165, 1.54) is 12.1 Å². The van der Waals surface area contributed by atoms with E-state index in [1.54, 1.807) is 36.3 Å². The highest BCUT2D eigenvalue weighted by Crippen LogP contribution is 2.26. The van der Waals surface area contributed by atoms with Gasteiger partial charge in [0, 0.05) is 25.2 Å². The van der Waals surface area contributed by atoms with Gasteiger partial charge in [0.05, 0.1) is 12.0 Å². The molecule has 1 aliphatic heterocycles. The molecule has 1 heterocycles. The summed E-state index contributed by atoms with van der Waals surface area (Å²) in [4.78, 5) is 13.9. The maximum absolute atomic E-state index is 12.9. The monoisotopic (exact) mass is 378 g/mol. The van der Waals surface area contributed by atoms with Crippen molar-refractivity contribution in [1.29, 1.82) is 0 Å². The van der Waals surface area contributed by atoms with Crippen LogP contribution in [0.5, 0.6) is 5.75 Å². The van der Waals surface area contributed by atoms with Crippen molar-refractivity contribution < 1.29 is 22.3 Å². The van der Waals surface area contributed by atoms with Crippen molar-refractivity contribution in [2.45, 2.75) is 11.3 Å². The Hall–Kier alpha value is -2.45. The molecule has 3 rings (SSSR count). The lowest BCUT2D eigenvalue weighted by Gasteiger charge is -2.17. The number of amides is 1. The highest BCUT2D eigenvalue weighted by molar-refractivity contribution is 7.89. The van der Waals surface area contributed by atoms with Crippen molar-refractivity contribution in [3.63, 3.8) is 0 Å². The maximum Gasteiger partial charge on any atom is 0.240 e. The van der Waals surface area contributed by atoms with Gasteiger partial charge in [-0.25, -0.2) is 17.5 Å². The fourth-order valence-corrected chi connectivity index (χ4v) is 3.97. The summed E-state index contributed by atoms with van der Waals surface area (Å²) in [5, 5.41) is 0. The number of hydrogen-bond acceptors (Lipinski definition) is 4. The van der Waals surface area contributed by atoms with E-state index in [-0.39, 0.29) is 29.7 Å². The van der Waals surface area contributed by atoms with Gasteiger partial charge in [0.1, 0.15) is 11.6 Å². The first-order valence-corrected chi connectivity index (χ1v) is 9.57. The average molecular weight is 378 g/mol. The smallest absolute Gasteiger partial charge is 0.240 e. The van der Waals surface area contributed by atoms with Gasteiger partial charge in [0.25, 0.3) is 0 Å². The molecule has 0 aliphatic carbocycles. The summed E-state index contributed by atoms with van der Waals surface area (Å²) in [5.74, 6) is 0.00505. The standard InChI is InChI=1S/C18H19FN2O4S/c1-25-16-6-4-15(5-7-16)21-12-13(10-18(21)22)11-20-26(23,24)17-8-2-14(19)3-9-17/h2-9,13,20H,10-12H2,1H3/t13-/m0/s1. The zero-order valence-corrected chi connectivity index (χ0v) is 15.0. The van der Waals surface area contributed by atoms with Crippen molar-refractivity contribution in [3.8, 4) is 5.75 Å². The normalized spacial score (nSPS) is 17.5.